The number of esters is 1. The van der Waals surface area contributed by atoms with E-state index in [-0.39, 0.29) is 18.3 Å². The summed E-state index contributed by atoms with van der Waals surface area (Å²) in [4.78, 5) is 26.4. The maximum absolute atomic E-state index is 13.0. The predicted molar refractivity (Wildman–Crippen MR) is 103 cm³/mol. The fourth-order valence-corrected chi connectivity index (χ4v) is 2.71. The summed E-state index contributed by atoms with van der Waals surface area (Å²) in [5.74, 6) is -0.408. The van der Waals surface area contributed by atoms with Gasteiger partial charge in [-0.2, -0.15) is 0 Å². The Morgan fingerprint density at radius 2 is 1.73 bits per heavy atom. The van der Waals surface area contributed by atoms with Crippen molar-refractivity contribution in [2.24, 2.45) is 0 Å². The molecule has 0 aliphatic carbocycles. The minimum atomic E-state index is -0.304. The molecule has 0 aliphatic rings. The van der Waals surface area contributed by atoms with Crippen LogP contribution in [0.2, 0.25) is 5.02 Å². The third-order valence-electron chi connectivity index (χ3n) is 4.22. The minimum Gasteiger partial charge on any atom is -0.466 e. The molecule has 0 unspecified atom stereocenters. The molecular weight excluding hydrogens is 350 g/mol. The lowest BCUT2D eigenvalue weighted by atomic mass is 10.1. The monoisotopic (exact) mass is 373 g/mol. The average molecular weight is 374 g/mol. The van der Waals surface area contributed by atoms with E-state index >= 15 is 0 Å². The second-order valence-electron chi connectivity index (χ2n) is 6.21. The zero-order valence-corrected chi connectivity index (χ0v) is 16.2. The van der Waals surface area contributed by atoms with Gasteiger partial charge in [-0.1, -0.05) is 29.8 Å². The predicted octanol–water partition coefficient (Wildman–Crippen LogP) is 4.55. The van der Waals surface area contributed by atoms with E-state index in [4.69, 9.17) is 16.3 Å². The molecule has 0 N–H and O–H groups in total. The van der Waals surface area contributed by atoms with Crippen LogP contribution >= 0.6 is 11.6 Å². The van der Waals surface area contributed by atoms with E-state index in [1.165, 1.54) is 0 Å². The van der Waals surface area contributed by atoms with Crippen molar-refractivity contribution in [3.8, 4) is 0 Å². The Morgan fingerprint density at radius 1 is 1.04 bits per heavy atom. The van der Waals surface area contributed by atoms with Crippen LogP contribution in [0, 0.1) is 13.8 Å². The van der Waals surface area contributed by atoms with Crippen LogP contribution < -0.4 is 0 Å². The molecule has 0 fully saturated rings. The third kappa shape index (κ3) is 5.60. The standard InChI is InChI=1S/C21H24ClNO3/c1-4-26-20(24)11-12-23(14-17-6-9-19(22)10-7-17)21(25)18-8-5-15(2)16(3)13-18/h5-10,13H,4,11-12,14H2,1-3H3. The molecule has 0 aliphatic heterocycles. The molecule has 0 bridgehead atoms. The van der Waals surface area contributed by atoms with Gasteiger partial charge in [-0.05, 0) is 61.7 Å². The van der Waals surface area contributed by atoms with Crippen LogP contribution in [0.5, 0.6) is 0 Å². The van der Waals surface area contributed by atoms with E-state index in [2.05, 4.69) is 0 Å². The Bertz CT molecular complexity index is 771. The van der Waals surface area contributed by atoms with E-state index in [1.807, 2.05) is 44.2 Å². The topological polar surface area (TPSA) is 46.6 Å². The summed E-state index contributed by atoms with van der Waals surface area (Å²) >= 11 is 5.93. The lowest BCUT2D eigenvalue weighted by Crippen LogP contribution is -2.33. The molecule has 26 heavy (non-hydrogen) atoms. The fourth-order valence-electron chi connectivity index (χ4n) is 2.58. The Balaban J connectivity index is 2.19. The molecule has 2 rings (SSSR count). The highest BCUT2D eigenvalue weighted by Crippen LogP contribution is 2.16. The normalized spacial score (nSPS) is 10.5. The fraction of sp³-hybridized carbons (Fsp3) is 0.333. The molecule has 0 heterocycles. The number of aryl methyl sites for hydroxylation is 2. The third-order valence-corrected chi connectivity index (χ3v) is 4.47. The van der Waals surface area contributed by atoms with Crippen molar-refractivity contribution in [3.63, 3.8) is 0 Å². The molecule has 0 aromatic heterocycles. The molecule has 4 nitrogen and oxygen atoms in total. The summed E-state index contributed by atoms with van der Waals surface area (Å²) in [7, 11) is 0. The Labute approximate surface area is 159 Å². The highest BCUT2D eigenvalue weighted by molar-refractivity contribution is 6.30. The number of carbonyl (C=O) groups excluding carboxylic acids is 2. The van der Waals surface area contributed by atoms with Crippen LogP contribution in [0.1, 0.15) is 40.4 Å². The van der Waals surface area contributed by atoms with Crippen LogP contribution in [0.15, 0.2) is 42.5 Å². The van der Waals surface area contributed by atoms with Gasteiger partial charge in [-0.25, -0.2) is 0 Å². The van der Waals surface area contributed by atoms with Gasteiger partial charge in [0.1, 0.15) is 0 Å². The molecule has 2 aromatic rings. The first kappa shape index (κ1) is 20.0. The highest BCUT2D eigenvalue weighted by Gasteiger charge is 2.18. The summed E-state index contributed by atoms with van der Waals surface area (Å²) in [5.41, 5.74) is 3.77. The Morgan fingerprint density at radius 3 is 2.35 bits per heavy atom. The van der Waals surface area contributed by atoms with Crippen LogP contribution in [0.4, 0.5) is 0 Å². The summed E-state index contributed by atoms with van der Waals surface area (Å²) in [5, 5.41) is 0.646. The van der Waals surface area contributed by atoms with Gasteiger partial charge in [-0.3, -0.25) is 9.59 Å². The van der Waals surface area contributed by atoms with Crippen LogP contribution in [-0.4, -0.2) is 29.9 Å². The maximum atomic E-state index is 13.0. The number of hydrogen-bond acceptors (Lipinski definition) is 3. The van der Waals surface area contributed by atoms with Gasteiger partial charge in [0.25, 0.3) is 5.91 Å². The van der Waals surface area contributed by atoms with E-state index in [1.54, 1.807) is 24.0 Å². The number of nitrogens with zero attached hydrogens (tertiary/aromatic N) is 1. The Hall–Kier alpha value is -2.33. The molecule has 138 valence electrons. The first-order valence-corrected chi connectivity index (χ1v) is 9.05. The molecule has 5 heteroatoms. The number of halogens is 1. The Kier molecular flexibility index (Phi) is 7.22. The zero-order valence-electron chi connectivity index (χ0n) is 15.4. The van der Waals surface area contributed by atoms with Gasteiger partial charge in [0.2, 0.25) is 0 Å². The SMILES string of the molecule is CCOC(=O)CCN(Cc1ccc(Cl)cc1)C(=O)c1ccc(C)c(C)c1. The molecule has 0 atom stereocenters. The van der Waals surface area contributed by atoms with Gasteiger partial charge in [0.15, 0.2) is 0 Å². The second-order valence-corrected chi connectivity index (χ2v) is 6.64. The molecule has 0 radical (unpaired) electrons. The van der Waals surface area contributed by atoms with Crippen LogP contribution in [-0.2, 0) is 16.1 Å². The molecule has 0 saturated carbocycles. The van der Waals surface area contributed by atoms with E-state index in [9.17, 15) is 9.59 Å². The molecule has 0 spiro atoms. The number of amides is 1. The zero-order chi connectivity index (χ0) is 19.1. The maximum Gasteiger partial charge on any atom is 0.307 e. The summed E-state index contributed by atoms with van der Waals surface area (Å²) in [6, 6.07) is 13.0. The van der Waals surface area contributed by atoms with Crippen LogP contribution in [0.25, 0.3) is 0 Å². The minimum absolute atomic E-state index is 0.104. The molecule has 0 saturated heterocycles. The first-order chi connectivity index (χ1) is 12.4. The lowest BCUT2D eigenvalue weighted by molar-refractivity contribution is -0.143. The van der Waals surface area contributed by atoms with E-state index in [0.29, 0.717) is 30.3 Å². The van der Waals surface area contributed by atoms with Gasteiger partial charge in [0.05, 0.1) is 13.0 Å². The largest absolute Gasteiger partial charge is 0.466 e. The molecule has 2 aromatic carbocycles. The van der Waals surface area contributed by atoms with Gasteiger partial charge >= 0.3 is 5.97 Å². The molecule has 1 amide bonds. The van der Waals surface area contributed by atoms with Crippen molar-refractivity contribution in [2.75, 3.05) is 13.2 Å². The first-order valence-electron chi connectivity index (χ1n) is 8.67. The summed E-state index contributed by atoms with van der Waals surface area (Å²) in [6.07, 6.45) is 0.165. The van der Waals surface area contributed by atoms with Crippen molar-refractivity contribution in [3.05, 3.63) is 69.7 Å². The average Bonchev–Trinajstić information content (AvgIpc) is 2.62. The summed E-state index contributed by atoms with van der Waals surface area (Å²) in [6.45, 7) is 6.80. The van der Waals surface area contributed by atoms with Gasteiger partial charge in [-0.15, -0.1) is 0 Å². The van der Waals surface area contributed by atoms with Crippen molar-refractivity contribution in [2.45, 2.75) is 33.7 Å². The number of carbonyl (C=O) groups is 2. The number of hydrogen-bond donors (Lipinski definition) is 0. The number of ether oxygens (including phenoxy) is 1. The molecular formula is C21H24ClNO3. The van der Waals surface area contributed by atoms with Crippen molar-refractivity contribution in [1.29, 1.82) is 0 Å². The smallest absolute Gasteiger partial charge is 0.307 e. The quantitative estimate of drug-likeness (QED) is 0.669. The van der Waals surface area contributed by atoms with E-state index < -0.39 is 0 Å². The summed E-state index contributed by atoms with van der Waals surface area (Å²) < 4.78 is 4.98. The number of rotatable bonds is 7. The highest BCUT2D eigenvalue weighted by atomic mass is 35.5. The van der Waals surface area contributed by atoms with E-state index in [0.717, 1.165) is 16.7 Å². The van der Waals surface area contributed by atoms with Crippen molar-refractivity contribution in [1.82, 2.24) is 4.90 Å². The van der Waals surface area contributed by atoms with Crippen molar-refractivity contribution < 1.29 is 14.3 Å². The lowest BCUT2D eigenvalue weighted by Gasteiger charge is -2.23. The van der Waals surface area contributed by atoms with Crippen LogP contribution in [0.3, 0.4) is 0 Å². The van der Waals surface area contributed by atoms with Crippen molar-refractivity contribution >= 4 is 23.5 Å². The second kappa shape index (κ2) is 9.39. The van der Waals surface area contributed by atoms with Gasteiger partial charge in [0, 0.05) is 23.7 Å². The van der Waals surface area contributed by atoms with Gasteiger partial charge < -0.3 is 9.64 Å². The number of benzene rings is 2.